The van der Waals surface area contributed by atoms with Crippen LogP contribution in [-0.4, -0.2) is 53.5 Å². The first kappa shape index (κ1) is 23.6. The Hall–Kier alpha value is -3.15. The molecule has 0 radical (unpaired) electrons. The van der Waals surface area contributed by atoms with Crippen LogP contribution in [0.5, 0.6) is 0 Å². The number of nitrogens with zero attached hydrogens (tertiary/aromatic N) is 3. The van der Waals surface area contributed by atoms with Gasteiger partial charge in [-0.2, -0.15) is 0 Å². The summed E-state index contributed by atoms with van der Waals surface area (Å²) in [4.78, 5) is 17.6. The lowest BCUT2D eigenvalue weighted by Gasteiger charge is -2.21. The van der Waals surface area contributed by atoms with Crippen molar-refractivity contribution in [1.82, 2.24) is 14.4 Å². The summed E-state index contributed by atoms with van der Waals surface area (Å²) in [5.41, 5.74) is 7.43. The molecule has 1 amide bonds. The van der Waals surface area contributed by atoms with Crippen LogP contribution < -0.4 is 0 Å². The molecular weight excluding hydrogens is 498 g/mol. The molecule has 3 aromatic carbocycles. The summed E-state index contributed by atoms with van der Waals surface area (Å²) < 4.78 is 3.36. The van der Waals surface area contributed by atoms with Crippen molar-refractivity contribution >= 4 is 21.8 Å². The first-order chi connectivity index (χ1) is 16.9. The zero-order valence-corrected chi connectivity index (χ0v) is 22.0. The number of benzene rings is 3. The van der Waals surface area contributed by atoms with Gasteiger partial charge in [-0.1, -0.05) is 58.4 Å². The van der Waals surface area contributed by atoms with E-state index in [-0.39, 0.29) is 5.91 Å². The molecular formula is C30H30BrN3O. The second-order valence-corrected chi connectivity index (χ2v) is 10.4. The quantitative estimate of drug-likeness (QED) is 0.290. The molecule has 178 valence electrons. The summed E-state index contributed by atoms with van der Waals surface area (Å²) in [7, 11) is 4.17. The first-order valence-corrected chi connectivity index (χ1v) is 12.8. The monoisotopic (exact) mass is 527 g/mol. The van der Waals surface area contributed by atoms with Crippen LogP contribution >= 0.6 is 15.9 Å². The second kappa shape index (κ2) is 9.84. The lowest BCUT2D eigenvalue weighted by Crippen LogP contribution is -2.34. The van der Waals surface area contributed by atoms with E-state index in [2.05, 4.69) is 113 Å². The lowest BCUT2D eigenvalue weighted by molar-refractivity contribution is 0.0783. The Morgan fingerprint density at radius 1 is 0.886 bits per heavy atom. The van der Waals surface area contributed by atoms with E-state index in [0.29, 0.717) is 6.04 Å². The number of hydrogen-bond donors (Lipinski definition) is 0. The highest BCUT2D eigenvalue weighted by atomic mass is 79.9. The van der Waals surface area contributed by atoms with Crippen LogP contribution in [0.1, 0.15) is 22.3 Å². The summed E-state index contributed by atoms with van der Waals surface area (Å²) in [6.45, 7) is 3.72. The number of aromatic nitrogens is 1. The van der Waals surface area contributed by atoms with Crippen LogP contribution in [0.2, 0.25) is 0 Å². The minimum absolute atomic E-state index is 0.110. The molecule has 0 spiro atoms. The Labute approximate surface area is 215 Å². The molecule has 1 saturated heterocycles. The number of likely N-dealkylation sites (N-methyl/N-ethyl adjacent to an activating group) is 1. The van der Waals surface area contributed by atoms with Gasteiger partial charge in [0.05, 0.1) is 11.4 Å². The summed E-state index contributed by atoms with van der Waals surface area (Å²) in [5, 5.41) is 0. The highest BCUT2D eigenvalue weighted by Crippen LogP contribution is 2.34. The number of carbonyl (C=O) groups is 1. The van der Waals surface area contributed by atoms with E-state index in [1.54, 1.807) is 0 Å². The third-order valence-corrected chi connectivity index (χ3v) is 7.49. The molecule has 0 bridgehead atoms. The van der Waals surface area contributed by atoms with E-state index in [0.717, 1.165) is 57.7 Å². The molecule has 0 aliphatic carbocycles. The Kier molecular flexibility index (Phi) is 6.63. The minimum Gasteiger partial charge on any atom is -0.337 e. The van der Waals surface area contributed by atoms with Crippen molar-refractivity contribution < 1.29 is 4.79 Å². The van der Waals surface area contributed by atoms with Gasteiger partial charge in [-0.3, -0.25) is 4.79 Å². The number of amides is 1. The normalized spacial score (nSPS) is 15.7. The molecule has 1 aliphatic rings. The number of hydrogen-bond acceptors (Lipinski definition) is 2. The second-order valence-electron chi connectivity index (χ2n) is 9.47. The molecule has 1 fully saturated rings. The van der Waals surface area contributed by atoms with Crippen LogP contribution in [0.4, 0.5) is 0 Å². The Morgan fingerprint density at radius 3 is 2.29 bits per heavy atom. The van der Waals surface area contributed by atoms with E-state index < -0.39 is 0 Å². The topological polar surface area (TPSA) is 28.5 Å². The van der Waals surface area contributed by atoms with Crippen molar-refractivity contribution in [2.75, 3.05) is 27.2 Å². The molecule has 0 N–H and O–H groups in total. The van der Waals surface area contributed by atoms with Gasteiger partial charge < -0.3 is 14.4 Å². The third-order valence-electron chi connectivity index (χ3n) is 6.96. The van der Waals surface area contributed by atoms with Crippen molar-refractivity contribution in [3.05, 3.63) is 101 Å². The largest absolute Gasteiger partial charge is 0.337 e. The first-order valence-electron chi connectivity index (χ1n) is 12.0. The van der Waals surface area contributed by atoms with E-state index >= 15 is 0 Å². The fourth-order valence-electron chi connectivity index (χ4n) is 4.92. The van der Waals surface area contributed by atoms with Gasteiger partial charge in [0, 0.05) is 34.9 Å². The number of para-hydroxylation sites is 1. The van der Waals surface area contributed by atoms with Crippen LogP contribution in [0.25, 0.3) is 28.2 Å². The number of halogens is 1. The average molecular weight is 528 g/mol. The third kappa shape index (κ3) is 4.71. The summed E-state index contributed by atoms with van der Waals surface area (Å²) in [6, 6.07) is 29.7. The molecule has 4 aromatic rings. The van der Waals surface area contributed by atoms with Crippen molar-refractivity contribution in [3.8, 4) is 28.2 Å². The van der Waals surface area contributed by atoms with Crippen LogP contribution in [0.3, 0.4) is 0 Å². The van der Waals surface area contributed by atoms with E-state index in [1.807, 2.05) is 23.1 Å². The molecule has 2 heterocycles. The van der Waals surface area contributed by atoms with E-state index in [1.165, 1.54) is 5.56 Å². The minimum atomic E-state index is 0.110. The van der Waals surface area contributed by atoms with Crippen molar-refractivity contribution in [1.29, 1.82) is 0 Å². The van der Waals surface area contributed by atoms with Crippen LogP contribution in [0.15, 0.2) is 89.4 Å². The molecule has 0 saturated carbocycles. The van der Waals surface area contributed by atoms with Crippen LogP contribution in [-0.2, 0) is 0 Å². The number of aryl methyl sites for hydroxylation is 1. The fraction of sp³-hybridized carbons (Fsp3) is 0.233. The predicted octanol–water partition coefficient (Wildman–Crippen LogP) is 6.66. The molecule has 35 heavy (non-hydrogen) atoms. The molecule has 5 rings (SSSR count). The maximum absolute atomic E-state index is 13.4. The zero-order valence-electron chi connectivity index (χ0n) is 20.4. The maximum atomic E-state index is 13.4. The summed E-state index contributed by atoms with van der Waals surface area (Å²) in [5.74, 6) is 0.110. The lowest BCUT2D eigenvalue weighted by atomic mass is 10.1. The molecule has 1 aliphatic heterocycles. The average Bonchev–Trinajstić information content (AvgIpc) is 3.53. The highest BCUT2D eigenvalue weighted by Gasteiger charge is 2.28. The van der Waals surface area contributed by atoms with Gasteiger partial charge >= 0.3 is 0 Å². The van der Waals surface area contributed by atoms with Gasteiger partial charge in [-0.05, 0) is 86.6 Å². The van der Waals surface area contributed by atoms with Crippen LogP contribution in [0, 0.1) is 6.92 Å². The molecule has 0 unspecified atom stereocenters. The highest BCUT2D eigenvalue weighted by molar-refractivity contribution is 9.10. The van der Waals surface area contributed by atoms with Gasteiger partial charge in [0.2, 0.25) is 0 Å². The number of rotatable bonds is 5. The van der Waals surface area contributed by atoms with Gasteiger partial charge in [0.25, 0.3) is 5.91 Å². The van der Waals surface area contributed by atoms with Gasteiger partial charge in [0.15, 0.2) is 0 Å². The summed E-state index contributed by atoms with van der Waals surface area (Å²) in [6.07, 6.45) is 1.02. The summed E-state index contributed by atoms with van der Waals surface area (Å²) >= 11 is 3.55. The zero-order chi connectivity index (χ0) is 24.5. The van der Waals surface area contributed by atoms with Crippen molar-refractivity contribution in [2.45, 2.75) is 19.4 Å². The standard InChI is InChI=1S/C30H30BrN3O/c1-21-7-4-5-10-27(21)34-28(22-11-13-25(31)14-12-22)15-16-29(34)23-8-6-9-24(19-23)30(35)33-18-17-26(20-33)32(2)3/h4-16,19,26H,17-18,20H2,1-3H3/t26-/m0/s1. The van der Waals surface area contributed by atoms with E-state index in [9.17, 15) is 4.79 Å². The fourth-order valence-corrected chi connectivity index (χ4v) is 5.19. The van der Waals surface area contributed by atoms with E-state index in [4.69, 9.17) is 0 Å². The Bertz CT molecular complexity index is 1360. The maximum Gasteiger partial charge on any atom is 0.253 e. The molecule has 1 aromatic heterocycles. The van der Waals surface area contributed by atoms with Gasteiger partial charge in [-0.25, -0.2) is 0 Å². The Balaban J connectivity index is 1.57. The predicted molar refractivity (Wildman–Crippen MR) is 147 cm³/mol. The smallest absolute Gasteiger partial charge is 0.253 e. The molecule has 1 atom stereocenters. The molecule has 4 nitrogen and oxygen atoms in total. The SMILES string of the molecule is Cc1ccccc1-n1c(-c2ccc(Br)cc2)ccc1-c1cccc(C(=O)N2CC[C@H](N(C)C)C2)c1. The number of carbonyl (C=O) groups excluding carboxylic acids is 1. The Morgan fingerprint density at radius 2 is 1.60 bits per heavy atom. The van der Waals surface area contributed by atoms with Crippen molar-refractivity contribution in [3.63, 3.8) is 0 Å². The van der Waals surface area contributed by atoms with Crippen molar-refractivity contribution in [2.24, 2.45) is 0 Å². The molecule has 5 heteroatoms. The van der Waals surface area contributed by atoms with Gasteiger partial charge in [0.1, 0.15) is 0 Å². The van der Waals surface area contributed by atoms with Gasteiger partial charge in [-0.15, -0.1) is 0 Å². The number of likely N-dealkylation sites (tertiary alicyclic amines) is 1.